The summed E-state index contributed by atoms with van der Waals surface area (Å²) in [5, 5.41) is 8.43. The molecule has 0 fully saturated rings. The Hall–Kier alpha value is -8.06. The van der Waals surface area contributed by atoms with Crippen molar-refractivity contribution in [2.24, 2.45) is 0 Å². The van der Waals surface area contributed by atoms with Gasteiger partial charge < -0.3 is 18.0 Å². The lowest BCUT2D eigenvalue weighted by Crippen LogP contribution is -1.99. The third-order valence-corrected chi connectivity index (χ3v) is 11.3. The van der Waals surface area contributed by atoms with Gasteiger partial charge in [0, 0.05) is 54.3 Å². The van der Waals surface area contributed by atoms with E-state index >= 15 is 0 Å². The normalized spacial score (nSPS) is 11.9. The zero-order valence-corrected chi connectivity index (χ0v) is 29.6. The molecule has 0 N–H and O–H groups in total. The van der Waals surface area contributed by atoms with Gasteiger partial charge in [0.25, 0.3) is 0 Å². The maximum absolute atomic E-state index is 8.41. The Morgan fingerprint density at radius 1 is 0.357 bits per heavy atom. The summed E-state index contributed by atoms with van der Waals surface area (Å²) in [4.78, 5) is 8.15. The minimum absolute atomic E-state index is 0.515. The molecule has 0 atom stereocenters. The fourth-order valence-electron chi connectivity index (χ4n) is 8.95. The lowest BCUT2D eigenvalue weighted by atomic mass is 9.99. The number of para-hydroxylation sites is 4. The minimum Gasteiger partial charge on any atom is -0.456 e. The highest BCUT2D eigenvalue weighted by atomic mass is 16.3. The van der Waals surface area contributed by atoms with E-state index in [9.17, 15) is 0 Å². The third kappa shape index (κ3) is 4.07. The summed E-state index contributed by atoms with van der Waals surface area (Å²) in [6.07, 6.45) is 0. The van der Waals surface area contributed by atoms with E-state index in [4.69, 9.17) is 22.0 Å². The van der Waals surface area contributed by atoms with Crippen LogP contribution in [0.25, 0.3) is 120 Å². The van der Waals surface area contributed by atoms with Crippen LogP contribution >= 0.6 is 0 Å². The van der Waals surface area contributed by atoms with E-state index in [0.29, 0.717) is 11.4 Å². The van der Waals surface area contributed by atoms with Crippen LogP contribution in [0.5, 0.6) is 0 Å². The number of hydrogen-bond acceptors (Lipinski definition) is 2. The van der Waals surface area contributed by atoms with Gasteiger partial charge in [-0.3, -0.25) is 0 Å². The maximum Gasteiger partial charge on any atom is 0.210 e. The average molecular weight is 715 g/mol. The van der Waals surface area contributed by atoms with Crippen LogP contribution in [0.2, 0.25) is 0 Å². The highest BCUT2D eigenvalue weighted by Gasteiger charge is 2.23. The summed E-state index contributed by atoms with van der Waals surface area (Å²) < 4.78 is 17.1. The molecule has 0 saturated carbocycles. The summed E-state index contributed by atoms with van der Waals surface area (Å²) in [7, 11) is 0. The molecule has 0 saturated heterocycles. The lowest BCUT2D eigenvalue weighted by molar-refractivity contribution is 0.669. The molecule has 258 valence electrons. The van der Waals surface area contributed by atoms with E-state index in [2.05, 4.69) is 104 Å². The number of rotatable bonds is 3. The predicted molar refractivity (Wildman–Crippen MR) is 228 cm³/mol. The van der Waals surface area contributed by atoms with Crippen LogP contribution in [0, 0.1) is 13.1 Å². The molecule has 0 aliphatic heterocycles. The number of benzene rings is 8. The monoisotopic (exact) mass is 714 g/mol. The van der Waals surface area contributed by atoms with Gasteiger partial charge in [0.15, 0.2) is 5.69 Å². The van der Waals surface area contributed by atoms with Crippen molar-refractivity contribution in [1.82, 2.24) is 9.13 Å². The molecule has 6 nitrogen and oxygen atoms in total. The van der Waals surface area contributed by atoms with Gasteiger partial charge >= 0.3 is 0 Å². The van der Waals surface area contributed by atoms with Crippen LogP contribution in [0.15, 0.2) is 167 Å². The molecule has 56 heavy (non-hydrogen) atoms. The van der Waals surface area contributed by atoms with E-state index < -0.39 is 0 Å². The number of aromatic nitrogens is 2. The molecule has 12 rings (SSSR count). The van der Waals surface area contributed by atoms with Gasteiger partial charge in [-0.15, -0.1) is 0 Å². The Labute approximate surface area is 318 Å². The van der Waals surface area contributed by atoms with Gasteiger partial charge in [-0.1, -0.05) is 97.1 Å². The highest BCUT2D eigenvalue weighted by molar-refractivity contribution is 6.19. The van der Waals surface area contributed by atoms with Crippen molar-refractivity contribution >= 4 is 98.9 Å². The van der Waals surface area contributed by atoms with Gasteiger partial charge in [0.1, 0.15) is 22.3 Å². The van der Waals surface area contributed by atoms with E-state index in [0.717, 1.165) is 110 Å². The van der Waals surface area contributed by atoms with Gasteiger partial charge in [0.05, 0.1) is 40.9 Å². The zero-order chi connectivity index (χ0) is 37.1. The molecule has 0 amide bonds. The van der Waals surface area contributed by atoms with Crippen molar-refractivity contribution in [3.8, 4) is 22.5 Å². The van der Waals surface area contributed by atoms with Gasteiger partial charge in [-0.2, -0.15) is 0 Å². The SMILES string of the molecule is [C-]#[N+]c1ccc(-c2c([N+]#[C-])cccc2-n2c3ccccc3c3cc4oc5ccccc5c4cc32)cc1-n1c2ccccc2c2cc3oc4ccccc4c3cc21. The van der Waals surface area contributed by atoms with Crippen molar-refractivity contribution in [1.29, 1.82) is 0 Å². The maximum atomic E-state index is 8.41. The molecule has 6 heteroatoms. The Morgan fingerprint density at radius 2 is 0.875 bits per heavy atom. The second kappa shape index (κ2) is 11.2. The highest BCUT2D eigenvalue weighted by Crippen LogP contribution is 2.46. The Morgan fingerprint density at radius 3 is 1.45 bits per heavy atom. The Balaban J connectivity index is 1.16. The minimum atomic E-state index is 0.515. The molecule has 0 bridgehead atoms. The van der Waals surface area contributed by atoms with Crippen molar-refractivity contribution in [2.45, 2.75) is 0 Å². The molecule has 0 unspecified atom stereocenters. The number of nitrogens with zero attached hydrogens (tertiary/aromatic N) is 4. The van der Waals surface area contributed by atoms with Crippen LogP contribution in [0.4, 0.5) is 11.4 Å². The predicted octanol–water partition coefficient (Wildman–Crippen LogP) is 14.4. The first-order chi connectivity index (χ1) is 27.7. The zero-order valence-electron chi connectivity index (χ0n) is 29.6. The van der Waals surface area contributed by atoms with Gasteiger partial charge in [-0.05, 0) is 66.2 Å². The average Bonchev–Trinajstić information content (AvgIpc) is 3.98. The van der Waals surface area contributed by atoms with Crippen LogP contribution in [0.1, 0.15) is 0 Å². The quantitative estimate of drug-likeness (QED) is 0.171. The summed E-state index contributed by atoms with van der Waals surface area (Å²) >= 11 is 0. The van der Waals surface area contributed by atoms with E-state index in [1.807, 2.05) is 72.8 Å². The first-order valence-electron chi connectivity index (χ1n) is 18.4. The fourth-order valence-corrected chi connectivity index (χ4v) is 8.95. The van der Waals surface area contributed by atoms with Crippen LogP contribution in [-0.2, 0) is 0 Å². The molecule has 4 aromatic heterocycles. The number of furan rings is 2. The fraction of sp³-hybridized carbons (Fsp3) is 0. The molecule has 12 aromatic rings. The second-order valence-corrected chi connectivity index (χ2v) is 14.2. The summed E-state index contributed by atoms with van der Waals surface area (Å²) in [6.45, 7) is 16.8. The summed E-state index contributed by atoms with van der Waals surface area (Å²) in [5.74, 6) is 0. The Bertz CT molecular complexity index is 3750. The smallest absolute Gasteiger partial charge is 0.210 e. The molecule has 0 radical (unpaired) electrons. The van der Waals surface area contributed by atoms with Crippen LogP contribution in [0.3, 0.4) is 0 Å². The number of fused-ring (bicyclic) bond motifs is 12. The summed E-state index contributed by atoms with van der Waals surface area (Å²) in [6, 6.07) is 53.5. The topological polar surface area (TPSA) is 44.9 Å². The van der Waals surface area contributed by atoms with E-state index in [1.165, 1.54) is 0 Å². The van der Waals surface area contributed by atoms with Gasteiger partial charge in [0.2, 0.25) is 5.69 Å². The van der Waals surface area contributed by atoms with Crippen LogP contribution in [-0.4, -0.2) is 9.13 Å². The standard InChI is InChI=1S/C50H26N4O2/c1-51-38-23-22-29(24-45(38)54-41-18-8-4-13-31(41)35-28-49-37(26-44(35)54)33-15-6-10-21-47(33)56-49)50-39(52-2)16-11-19-42(50)53-40-17-7-3-12-30(40)34-27-48-36(25-43(34)53)32-14-5-9-20-46(32)55-48/h3-28H. The molecule has 4 heterocycles. The van der Waals surface area contributed by atoms with Gasteiger partial charge in [-0.25, -0.2) is 9.69 Å². The largest absolute Gasteiger partial charge is 0.456 e. The first-order valence-corrected chi connectivity index (χ1v) is 18.4. The Kier molecular flexibility index (Phi) is 6.10. The molecule has 0 aliphatic rings. The van der Waals surface area contributed by atoms with Crippen LogP contribution < -0.4 is 0 Å². The summed E-state index contributed by atoms with van der Waals surface area (Å²) in [5.41, 5.74) is 11.7. The molecule has 0 spiro atoms. The molecule has 0 aliphatic carbocycles. The van der Waals surface area contributed by atoms with Crippen molar-refractivity contribution in [3.05, 3.63) is 181 Å². The second-order valence-electron chi connectivity index (χ2n) is 14.2. The van der Waals surface area contributed by atoms with E-state index in [-0.39, 0.29) is 0 Å². The third-order valence-electron chi connectivity index (χ3n) is 11.3. The van der Waals surface area contributed by atoms with E-state index in [1.54, 1.807) is 0 Å². The van der Waals surface area contributed by atoms with Crippen molar-refractivity contribution in [2.75, 3.05) is 0 Å². The number of hydrogen-bond donors (Lipinski definition) is 0. The molecular formula is C50H26N4O2. The molecular weight excluding hydrogens is 689 g/mol. The lowest BCUT2D eigenvalue weighted by Gasteiger charge is -2.18. The first kappa shape index (κ1) is 30.4. The van der Waals surface area contributed by atoms with Crippen molar-refractivity contribution in [3.63, 3.8) is 0 Å². The molecule has 8 aromatic carbocycles. The van der Waals surface area contributed by atoms with Crippen molar-refractivity contribution < 1.29 is 8.83 Å².